The molecule has 1 amide bonds. The second kappa shape index (κ2) is 6.60. The minimum atomic E-state index is -3.20. The molecule has 2 heterocycles. The molecule has 1 aromatic heterocycles. The van der Waals surface area contributed by atoms with Crippen LogP contribution in [0.25, 0.3) is 0 Å². The Kier molecular flexibility index (Phi) is 5.15. The van der Waals surface area contributed by atoms with Gasteiger partial charge in [-0.05, 0) is 27.2 Å². The Morgan fingerprint density at radius 2 is 1.83 bits per heavy atom. The van der Waals surface area contributed by atoms with Gasteiger partial charge in [0.05, 0.1) is 17.9 Å². The van der Waals surface area contributed by atoms with Gasteiger partial charge >= 0.3 is 0 Å². The molecule has 1 fully saturated rings. The fraction of sp³-hybridized carbons (Fsp3) is 0.733. The molecule has 0 aliphatic carbocycles. The Morgan fingerprint density at radius 1 is 1.17 bits per heavy atom. The summed E-state index contributed by atoms with van der Waals surface area (Å²) >= 11 is 0. The highest BCUT2D eigenvalue weighted by Gasteiger charge is 2.29. The van der Waals surface area contributed by atoms with Gasteiger partial charge in [-0.15, -0.1) is 0 Å². The molecule has 8 heteroatoms. The summed E-state index contributed by atoms with van der Waals surface area (Å²) in [6.45, 7) is 7.65. The summed E-state index contributed by atoms with van der Waals surface area (Å²) in [5, 5.41) is 4.38. The molecule has 1 atom stereocenters. The standard InChI is InChI=1S/C15H26N4O3S/c1-11(14-12(2)16-17(4)13(14)3)15(20)18-7-6-8-19(10-9-18)23(5,21)22/h11H,6-10H2,1-5H3. The molecule has 1 aromatic rings. The summed E-state index contributed by atoms with van der Waals surface area (Å²) < 4.78 is 26.6. The number of aromatic nitrogens is 2. The van der Waals surface area contributed by atoms with Crippen LogP contribution in [-0.4, -0.2) is 65.7 Å². The number of nitrogens with zero attached hydrogens (tertiary/aromatic N) is 4. The quantitative estimate of drug-likeness (QED) is 0.808. The molecule has 23 heavy (non-hydrogen) atoms. The highest BCUT2D eigenvalue weighted by atomic mass is 32.2. The van der Waals surface area contributed by atoms with Crippen molar-refractivity contribution in [3.63, 3.8) is 0 Å². The number of hydrogen-bond donors (Lipinski definition) is 0. The Labute approximate surface area is 138 Å². The predicted octanol–water partition coefficient (Wildman–Crippen LogP) is 0.634. The van der Waals surface area contributed by atoms with Gasteiger partial charge < -0.3 is 4.90 Å². The van der Waals surface area contributed by atoms with E-state index in [1.54, 1.807) is 9.58 Å². The van der Waals surface area contributed by atoms with E-state index in [1.165, 1.54) is 10.6 Å². The van der Waals surface area contributed by atoms with Crippen LogP contribution in [0.3, 0.4) is 0 Å². The van der Waals surface area contributed by atoms with Crippen LogP contribution in [0.5, 0.6) is 0 Å². The van der Waals surface area contributed by atoms with Gasteiger partial charge in [0.15, 0.2) is 0 Å². The van der Waals surface area contributed by atoms with E-state index in [0.29, 0.717) is 32.6 Å². The average Bonchev–Trinajstić information content (AvgIpc) is 2.66. The molecular weight excluding hydrogens is 316 g/mol. The van der Waals surface area contributed by atoms with Crippen LogP contribution >= 0.6 is 0 Å². The van der Waals surface area contributed by atoms with Gasteiger partial charge in [0.25, 0.3) is 0 Å². The van der Waals surface area contributed by atoms with Gasteiger partial charge in [-0.25, -0.2) is 12.7 Å². The molecule has 0 aromatic carbocycles. The van der Waals surface area contributed by atoms with Crippen LogP contribution in [0.15, 0.2) is 0 Å². The van der Waals surface area contributed by atoms with Crippen molar-refractivity contribution in [1.29, 1.82) is 0 Å². The molecule has 1 unspecified atom stereocenters. The first-order valence-corrected chi connectivity index (χ1v) is 9.71. The maximum atomic E-state index is 12.8. The number of hydrogen-bond acceptors (Lipinski definition) is 4. The fourth-order valence-corrected chi connectivity index (χ4v) is 4.13. The van der Waals surface area contributed by atoms with Crippen molar-refractivity contribution in [3.05, 3.63) is 17.0 Å². The average molecular weight is 342 g/mol. The van der Waals surface area contributed by atoms with Crippen molar-refractivity contribution in [2.45, 2.75) is 33.1 Å². The molecule has 0 N–H and O–H groups in total. The van der Waals surface area contributed by atoms with Crippen LogP contribution < -0.4 is 0 Å². The van der Waals surface area contributed by atoms with Crippen LogP contribution in [0.1, 0.15) is 36.2 Å². The van der Waals surface area contributed by atoms with Crippen molar-refractivity contribution in [3.8, 4) is 0 Å². The van der Waals surface area contributed by atoms with E-state index in [-0.39, 0.29) is 11.8 Å². The second-order valence-corrected chi connectivity index (χ2v) is 8.25. The Balaban J connectivity index is 2.14. The molecule has 1 aliphatic heterocycles. The lowest BCUT2D eigenvalue weighted by atomic mass is 9.97. The van der Waals surface area contributed by atoms with E-state index in [1.807, 2.05) is 27.8 Å². The normalized spacial score (nSPS) is 18.7. The monoisotopic (exact) mass is 342 g/mol. The van der Waals surface area contributed by atoms with Gasteiger partial charge in [-0.3, -0.25) is 9.48 Å². The SMILES string of the molecule is Cc1nn(C)c(C)c1C(C)C(=O)N1CCCN(S(C)(=O)=O)CC1. The predicted molar refractivity (Wildman–Crippen MR) is 88.7 cm³/mol. The maximum Gasteiger partial charge on any atom is 0.230 e. The largest absolute Gasteiger partial charge is 0.341 e. The number of aryl methyl sites for hydroxylation is 2. The highest BCUT2D eigenvalue weighted by Crippen LogP contribution is 2.25. The van der Waals surface area contributed by atoms with E-state index in [4.69, 9.17) is 0 Å². The van der Waals surface area contributed by atoms with E-state index in [2.05, 4.69) is 5.10 Å². The number of sulfonamides is 1. The molecule has 0 spiro atoms. The van der Waals surface area contributed by atoms with Gasteiger partial charge in [0.2, 0.25) is 15.9 Å². The molecule has 7 nitrogen and oxygen atoms in total. The van der Waals surface area contributed by atoms with Crippen molar-refractivity contribution in [1.82, 2.24) is 19.0 Å². The smallest absolute Gasteiger partial charge is 0.230 e. The fourth-order valence-electron chi connectivity index (χ4n) is 3.26. The zero-order valence-corrected chi connectivity index (χ0v) is 15.4. The molecule has 1 saturated heterocycles. The molecule has 0 saturated carbocycles. The van der Waals surface area contributed by atoms with Crippen LogP contribution in [0.2, 0.25) is 0 Å². The molecule has 1 aliphatic rings. The third-order valence-corrected chi connectivity index (χ3v) is 5.91. The number of amides is 1. The summed E-state index contributed by atoms with van der Waals surface area (Å²) in [7, 11) is -1.32. The van der Waals surface area contributed by atoms with E-state index in [9.17, 15) is 13.2 Å². The van der Waals surface area contributed by atoms with Crippen LogP contribution in [0, 0.1) is 13.8 Å². The van der Waals surface area contributed by atoms with Gasteiger partial charge in [0, 0.05) is 44.5 Å². The van der Waals surface area contributed by atoms with E-state index >= 15 is 0 Å². The van der Waals surface area contributed by atoms with E-state index < -0.39 is 10.0 Å². The van der Waals surface area contributed by atoms with E-state index in [0.717, 1.165) is 17.0 Å². The van der Waals surface area contributed by atoms with Crippen LogP contribution in [0.4, 0.5) is 0 Å². The maximum absolute atomic E-state index is 12.8. The minimum Gasteiger partial charge on any atom is -0.341 e. The molecule has 0 bridgehead atoms. The highest BCUT2D eigenvalue weighted by molar-refractivity contribution is 7.88. The lowest BCUT2D eigenvalue weighted by Crippen LogP contribution is -2.38. The lowest BCUT2D eigenvalue weighted by Gasteiger charge is -2.24. The first-order valence-electron chi connectivity index (χ1n) is 7.87. The first kappa shape index (κ1) is 17.9. The summed E-state index contributed by atoms with van der Waals surface area (Å²) in [4.78, 5) is 14.6. The van der Waals surface area contributed by atoms with Gasteiger partial charge in [-0.1, -0.05) is 0 Å². The van der Waals surface area contributed by atoms with Crippen molar-refractivity contribution < 1.29 is 13.2 Å². The lowest BCUT2D eigenvalue weighted by molar-refractivity contribution is -0.132. The number of carbonyl (C=O) groups is 1. The molecule has 130 valence electrons. The first-order chi connectivity index (χ1) is 10.6. The Hall–Kier alpha value is -1.41. The Bertz CT molecular complexity index is 696. The zero-order valence-electron chi connectivity index (χ0n) is 14.5. The summed E-state index contributed by atoms with van der Waals surface area (Å²) in [6.07, 6.45) is 1.88. The topological polar surface area (TPSA) is 75.5 Å². The minimum absolute atomic E-state index is 0.0413. The molecular formula is C15H26N4O3S. The van der Waals surface area contributed by atoms with Gasteiger partial charge in [-0.2, -0.15) is 5.10 Å². The Morgan fingerprint density at radius 3 is 2.35 bits per heavy atom. The van der Waals surface area contributed by atoms with Crippen molar-refractivity contribution in [2.24, 2.45) is 7.05 Å². The summed E-state index contributed by atoms with van der Waals surface area (Å²) in [6, 6.07) is 0. The second-order valence-electron chi connectivity index (χ2n) is 6.27. The number of carbonyl (C=O) groups excluding carboxylic acids is 1. The van der Waals surface area contributed by atoms with Crippen molar-refractivity contribution in [2.75, 3.05) is 32.4 Å². The third-order valence-electron chi connectivity index (χ3n) is 4.60. The molecule has 0 radical (unpaired) electrons. The summed E-state index contributed by atoms with van der Waals surface area (Å²) in [5.74, 6) is -0.229. The van der Waals surface area contributed by atoms with Crippen molar-refractivity contribution >= 4 is 15.9 Å². The third kappa shape index (κ3) is 3.74. The zero-order chi connectivity index (χ0) is 17.4. The van der Waals surface area contributed by atoms with Crippen LogP contribution in [-0.2, 0) is 21.9 Å². The van der Waals surface area contributed by atoms with Gasteiger partial charge in [0.1, 0.15) is 0 Å². The molecule has 2 rings (SSSR count). The summed E-state index contributed by atoms with van der Waals surface area (Å²) in [5.41, 5.74) is 2.84. The number of rotatable bonds is 3.